The average molecular weight is 412 g/mol. The molecule has 0 atom stereocenters. The van der Waals surface area contributed by atoms with Crippen LogP contribution < -0.4 is 5.32 Å². The number of aromatic nitrogens is 2. The fourth-order valence-electron chi connectivity index (χ4n) is 3.38. The summed E-state index contributed by atoms with van der Waals surface area (Å²) in [6, 6.07) is 20.2. The van der Waals surface area contributed by atoms with Gasteiger partial charge >= 0.3 is 0 Å². The van der Waals surface area contributed by atoms with Gasteiger partial charge in [-0.2, -0.15) is 0 Å². The lowest BCUT2D eigenvalue weighted by Crippen LogP contribution is -2.44. The third kappa shape index (κ3) is 4.27. The number of anilines is 1. The Bertz CT molecular complexity index is 910. The standard InChI is InChI=1S/C21H21N3O2S2/c25-18(21(11-13-26-14-12-21)17-9-5-2-6-10-17)22-19-23-24-20(28-19)27-15-16-7-3-1-4-8-16/h1-10H,11-15H2,(H,22,23,25). The first-order valence-corrected chi connectivity index (χ1v) is 11.0. The summed E-state index contributed by atoms with van der Waals surface area (Å²) in [4.78, 5) is 13.2. The normalized spacial score (nSPS) is 15.9. The molecule has 0 aliphatic carbocycles. The zero-order valence-electron chi connectivity index (χ0n) is 15.3. The van der Waals surface area contributed by atoms with Gasteiger partial charge in [-0.25, -0.2) is 0 Å². The Hall–Kier alpha value is -2.22. The fraction of sp³-hybridized carbons (Fsp3) is 0.286. The van der Waals surface area contributed by atoms with Crippen LogP contribution in [-0.4, -0.2) is 29.3 Å². The predicted octanol–water partition coefficient (Wildman–Crippen LogP) is 4.52. The highest BCUT2D eigenvalue weighted by Crippen LogP contribution is 2.37. The molecule has 0 spiro atoms. The highest BCUT2D eigenvalue weighted by Gasteiger charge is 2.42. The summed E-state index contributed by atoms with van der Waals surface area (Å²) in [6.07, 6.45) is 1.33. The van der Waals surface area contributed by atoms with Crippen LogP contribution in [0, 0.1) is 0 Å². The predicted molar refractivity (Wildman–Crippen MR) is 113 cm³/mol. The van der Waals surface area contributed by atoms with E-state index >= 15 is 0 Å². The Morgan fingerprint density at radius 2 is 1.71 bits per heavy atom. The van der Waals surface area contributed by atoms with Crippen LogP contribution in [0.2, 0.25) is 0 Å². The van der Waals surface area contributed by atoms with Crippen molar-refractivity contribution in [2.75, 3.05) is 18.5 Å². The summed E-state index contributed by atoms with van der Waals surface area (Å²) in [6.45, 7) is 1.16. The second-order valence-corrected chi connectivity index (χ2v) is 8.86. The van der Waals surface area contributed by atoms with E-state index in [1.54, 1.807) is 11.8 Å². The SMILES string of the molecule is O=C(Nc1nnc(SCc2ccccc2)s1)C1(c2ccccc2)CCOCC1. The molecule has 1 aliphatic heterocycles. The maximum atomic E-state index is 13.2. The summed E-state index contributed by atoms with van der Waals surface area (Å²) < 4.78 is 6.36. The molecule has 1 saturated heterocycles. The van der Waals surface area contributed by atoms with Crippen LogP contribution in [0.5, 0.6) is 0 Å². The summed E-state index contributed by atoms with van der Waals surface area (Å²) >= 11 is 3.04. The van der Waals surface area contributed by atoms with Crippen LogP contribution in [0.4, 0.5) is 5.13 Å². The zero-order chi connectivity index (χ0) is 19.2. The van der Waals surface area contributed by atoms with Crippen LogP contribution in [0.3, 0.4) is 0 Å². The molecule has 0 unspecified atom stereocenters. The molecular weight excluding hydrogens is 390 g/mol. The number of ether oxygens (including phenoxy) is 1. The first-order valence-electron chi connectivity index (χ1n) is 9.21. The first kappa shape index (κ1) is 19.1. The van der Waals surface area contributed by atoms with Gasteiger partial charge in [0.15, 0.2) is 4.34 Å². The number of thioether (sulfide) groups is 1. The number of hydrogen-bond acceptors (Lipinski definition) is 6. The zero-order valence-corrected chi connectivity index (χ0v) is 17.0. The number of carbonyl (C=O) groups is 1. The van der Waals surface area contributed by atoms with Crippen molar-refractivity contribution in [1.82, 2.24) is 10.2 Å². The smallest absolute Gasteiger partial charge is 0.237 e. The summed E-state index contributed by atoms with van der Waals surface area (Å²) in [5.41, 5.74) is 1.68. The molecule has 0 saturated carbocycles. The number of amides is 1. The molecule has 144 valence electrons. The van der Waals surface area contributed by atoms with Gasteiger partial charge < -0.3 is 4.74 Å². The second kappa shape index (κ2) is 8.86. The summed E-state index contributed by atoms with van der Waals surface area (Å²) in [5.74, 6) is 0.798. The van der Waals surface area contributed by atoms with Crippen molar-refractivity contribution in [3.63, 3.8) is 0 Å². The van der Waals surface area contributed by atoms with E-state index in [0.717, 1.165) is 15.7 Å². The Morgan fingerprint density at radius 3 is 2.43 bits per heavy atom. The molecule has 1 amide bonds. The highest BCUT2D eigenvalue weighted by molar-refractivity contribution is 8.00. The number of benzene rings is 2. The van der Waals surface area contributed by atoms with Gasteiger partial charge in [-0.15, -0.1) is 10.2 Å². The minimum absolute atomic E-state index is 0.0299. The Kier molecular flexibility index (Phi) is 6.04. The van der Waals surface area contributed by atoms with E-state index in [9.17, 15) is 4.79 Å². The van der Waals surface area contributed by atoms with Crippen LogP contribution in [0.1, 0.15) is 24.0 Å². The van der Waals surface area contributed by atoms with Crippen LogP contribution in [0.15, 0.2) is 65.0 Å². The molecule has 7 heteroatoms. The number of carbonyl (C=O) groups excluding carboxylic acids is 1. The average Bonchev–Trinajstić information content (AvgIpc) is 3.21. The molecule has 1 N–H and O–H groups in total. The van der Waals surface area contributed by atoms with E-state index in [4.69, 9.17) is 4.74 Å². The Morgan fingerprint density at radius 1 is 1.04 bits per heavy atom. The van der Waals surface area contributed by atoms with Gasteiger partial charge in [0.25, 0.3) is 0 Å². The number of nitrogens with one attached hydrogen (secondary N) is 1. The van der Waals surface area contributed by atoms with Gasteiger partial charge in [-0.1, -0.05) is 83.8 Å². The van der Waals surface area contributed by atoms with Gasteiger partial charge in [-0.05, 0) is 24.0 Å². The van der Waals surface area contributed by atoms with Gasteiger partial charge in [-0.3, -0.25) is 10.1 Å². The molecule has 5 nitrogen and oxygen atoms in total. The van der Waals surface area contributed by atoms with Crippen molar-refractivity contribution in [3.8, 4) is 0 Å². The lowest BCUT2D eigenvalue weighted by Gasteiger charge is -2.35. The van der Waals surface area contributed by atoms with Crippen LogP contribution in [-0.2, 0) is 20.7 Å². The van der Waals surface area contributed by atoms with Gasteiger partial charge in [0.05, 0.1) is 5.41 Å². The first-order chi connectivity index (χ1) is 13.8. The van der Waals surface area contributed by atoms with E-state index in [1.165, 1.54) is 16.9 Å². The minimum atomic E-state index is -0.581. The molecule has 0 radical (unpaired) electrons. The maximum absolute atomic E-state index is 13.2. The van der Waals surface area contributed by atoms with Crippen LogP contribution in [0.25, 0.3) is 0 Å². The highest BCUT2D eigenvalue weighted by atomic mass is 32.2. The van der Waals surface area contributed by atoms with Crippen LogP contribution >= 0.6 is 23.1 Å². The van der Waals surface area contributed by atoms with Gasteiger partial charge in [0, 0.05) is 19.0 Å². The summed E-state index contributed by atoms with van der Waals surface area (Å²) in [5, 5.41) is 11.9. The van der Waals surface area contributed by atoms with Crippen molar-refractivity contribution >= 4 is 34.1 Å². The Balaban J connectivity index is 1.45. The maximum Gasteiger partial charge on any atom is 0.237 e. The number of nitrogens with zero attached hydrogens (tertiary/aromatic N) is 2. The van der Waals surface area contributed by atoms with Gasteiger partial charge in [0.1, 0.15) is 0 Å². The third-order valence-electron chi connectivity index (χ3n) is 4.94. The van der Waals surface area contributed by atoms with Crippen molar-refractivity contribution < 1.29 is 9.53 Å². The summed E-state index contributed by atoms with van der Waals surface area (Å²) in [7, 11) is 0. The van der Waals surface area contributed by atoms with E-state index in [-0.39, 0.29) is 5.91 Å². The molecule has 3 aromatic rings. The lowest BCUT2D eigenvalue weighted by molar-refractivity contribution is -0.125. The van der Waals surface area contributed by atoms with Crippen molar-refractivity contribution in [2.24, 2.45) is 0 Å². The Labute approximate surface area is 172 Å². The van der Waals surface area contributed by atoms with E-state index in [1.807, 2.05) is 48.5 Å². The third-order valence-corrected chi connectivity index (χ3v) is 6.98. The molecule has 2 aromatic carbocycles. The largest absolute Gasteiger partial charge is 0.381 e. The number of rotatable bonds is 6. The number of hydrogen-bond donors (Lipinski definition) is 1. The van der Waals surface area contributed by atoms with E-state index < -0.39 is 5.41 Å². The quantitative estimate of drug-likeness (QED) is 0.477. The molecule has 1 aromatic heterocycles. The van der Waals surface area contributed by atoms with Gasteiger partial charge in [0.2, 0.25) is 11.0 Å². The fourth-order valence-corrected chi connectivity index (χ4v) is 5.08. The molecular formula is C21H21N3O2S2. The molecule has 2 heterocycles. The topological polar surface area (TPSA) is 64.1 Å². The monoisotopic (exact) mass is 411 g/mol. The van der Waals surface area contributed by atoms with Crippen molar-refractivity contribution in [2.45, 2.75) is 28.3 Å². The molecule has 28 heavy (non-hydrogen) atoms. The lowest BCUT2D eigenvalue weighted by atomic mass is 9.73. The molecule has 0 bridgehead atoms. The second-order valence-electron chi connectivity index (χ2n) is 6.66. The van der Waals surface area contributed by atoms with E-state index in [2.05, 4.69) is 27.6 Å². The molecule has 1 fully saturated rings. The minimum Gasteiger partial charge on any atom is -0.381 e. The van der Waals surface area contributed by atoms with E-state index in [0.29, 0.717) is 31.2 Å². The van der Waals surface area contributed by atoms with Crippen molar-refractivity contribution in [3.05, 3.63) is 71.8 Å². The molecule has 1 aliphatic rings. The molecule has 4 rings (SSSR count). The van der Waals surface area contributed by atoms with Crippen molar-refractivity contribution in [1.29, 1.82) is 0 Å².